The highest BCUT2D eigenvalue weighted by atomic mass is 127. The van der Waals surface area contributed by atoms with Crippen molar-refractivity contribution in [2.45, 2.75) is 92.5 Å². The highest BCUT2D eigenvalue weighted by Crippen LogP contribution is 2.54. The molecule has 1 nitrogen and oxygen atoms in total. The molecule has 0 aliphatic heterocycles. The molecule has 0 bridgehead atoms. The Bertz CT molecular complexity index is 501. The van der Waals surface area contributed by atoms with Crippen LogP contribution in [0.15, 0.2) is 0 Å². The van der Waals surface area contributed by atoms with Crippen molar-refractivity contribution in [2.75, 3.05) is 6.61 Å². The summed E-state index contributed by atoms with van der Waals surface area (Å²) in [6.45, 7) is 10.4. The van der Waals surface area contributed by atoms with Crippen LogP contribution in [0.25, 0.3) is 0 Å². The van der Waals surface area contributed by atoms with Crippen LogP contribution < -0.4 is 0 Å². The number of alkyl halides is 10. The highest BCUT2D eigenvalue weighted by Gasteiger charge is 2.81. The lowest BCUT2D eigenvalue weighted by Crippen LogP contribution is -2.61. The number of hydrogen-bond donors (Lipinski definition) is 0. The number of unbranched alkanes of at least 4 members (excludes halogenated alkanes) is 1. The molecular formula is C16H26F9IOSi. The SMILES string of the molecule is CC(C)(C)[Si](C)(C)OCCCCC(I)CC(F)(F)C(F)(F)C(F)(F)C(F)(F)F. The summed E-state index contributed by atoms with van der Waals surface area (Å²) in [5.41, 5.74) is 0. The first-order valence-electron chi connectivity index (χ1n) is 8.58. The maximum atomic E-state index is 13.6. The van der Waals surface area contributed by atoms with Gasteiger partial charge < -0.3 is 4.43 Å². The van der Waals surface area contributed by atoms with Crippen molar-refractivity contribution in [1.82, 2.24) is 0 Å². The molecule has 12 heteroatoms. The van der Waals surface area contributed by atoms with Gasteiger partial charge in [0, 0.05) is 17.0 Å². The number of halogens is 10. The average molecular weight is 560 g/mol. The van der Waals surface area contributed by atoms with Gasteiger partial charge in [-0.05, 0) is 31.0 Å². The molecule has 0 aromatic rings. The Labute approximate surface area is 174 Å². The van der Waals surface area contributed by atoms with Crippen molar-refractivity contribution >= 4 is 30.9 Å². The Balaban J connectivity index is 4.69. The maximum Gasteiger partial charge on any atom is 0.460 e. The van der Waals surface area contributed by atoms with E-state index in [2.05, 4.69) is 0 Å². The summed E-state index contributed by atoms with van der Waals surface area (Å²) >= 11 is 1.37. The largest absolute Gasteiger partial charge is 0.460 e. The molecule has 28 heavy (non-hydrogen) atoms. The van der Waals surface area contributed by atoms with Gasteiger partial charge in [-0.3, -0.25) is 0 Å². The van der Waals surface area contributed by atoms with Crippen LogP contribution in [0.3, 0.4) is 0 Å². The molecule has 0 amide bonds. The zero-order chi connectivity index (χ0) is 22.8. The zero-order valence-corrected chi connectivity index (χ0v) is 19.5. The molecule has 0 radical (unpaired) electrons. The van der Waals surface area contributed by atoms with Gasteiger partial charge >= 0.3 is 23.9 Å². The minimum absolute atomic E-state index is 0.0316. The quantitative estimate of drug-likeness (QED) is 0.0870. The Hall–Kier alpha value is 0.277. The first kappa shape index (κ1) is 28.3. The molecule has 0 fully saturated rings. The minimum Gasteiger partial charge on any atom is -0.417 e. The molecule has 0 heterocycles. The summed E-state index contributed by atoms with van der Waals surface area (Å²) in [6.07, 6.45) is -7.87. The molecule has 0 rings (SSSR count). The van der Waals surface area contributed by atoms with Crippen LogP contribution in [0.2, 0.25) is 18.1 Å². The molecule has 0 spiro atoms. The van der Waals surface area contributed by atoms with Crippen LogP contribution in [-0.2, 0) is 4.43 Å². The number of rotatable bonds is 10. The van der Waals surface area contributed by atoms with Crippen LogP contribution in [-0.4, -0.2) is 42.8 Å². The van der Waals surface area contributed by atoms with Crippen molar-refractivity contribution in [2.24, 2.45) is 0 Å². The number of hydrogen-bond acceptors (Lipinski definition) is 1. The average Bonchev–Trinajstić information content (AvgIpc) is 2.43. The summed E-state index contributed by atoms with van der Waals surface area (Å²) < 4.78 is 120. The van der Waals surface area contributed by atoms with Crippen LogP contribution in [0.1, 0.15) is 46.5 Å². The molecule has 0 aromatic carbocycles. The summed E-state index contributed by atoms with van der Waals surface area (Å²) in [5.74, 6) is -18.9. The monoisotopic (exact) mass is 560 g/mol. The van der Waals surface area contributed by atoms with Crippen LogP contribution in [0.4, 0.5) is 39.5 Å². The second kappa shape index (κ2) is 9.19. The van der Waals surface area contributed by atoms with Gasteiger partial charge in [-0.1, -0.05) is 49.8 Å². The van der Waals surface area contributed by atoms with Gasteiger partial charge in [0.05, 0.1) is 0 Å². The van der Waals surface area contributed by atoms with Crippen molar-refractivity contribution in [3.05, 3.63) is 0 Å². The second-order valence-corrected chi connectivity index (χ2v) is 14.8. The molecule has 0 N–H and O–H groups in total. The van der Waals surface area contributed by atoms with Gasteiger partial charge in [-0.25, -0.2) is 0 Å². The van der Waals surface area contributed by atoms with E-state index in [1.165, 1.54) is 22.6 Å². The van der Waals surface area contributed by atoms with E-state index in [0.717, 1.165) is 0 Å². The van der Waals surface area contributed by atoms with Crippen molar-refractivity contribution < 1.29 is 43.9 Å². The molecule has 0 aromatic heterocycles. The van der Waals surface area contributed by atoms with E-state index in [9.17, 15) is 39.5 Å². The van der Waals surface area contributed by atoms with Crippen molar-refractivity contribution in [3.63, 3.8) is 0 Å². The van der Waals surface area contributed by atoms with Crippen molar-refractivity contribution in [3.8, 4) is 0 Å². The van der Waals surface area contributed by atoms with E-state index in [1.807, 2.05) is 33.9 Å². The van der Waals surface area contributed by atoms with E-state index in [0.29, 0.717) is 19.4 Å². The first-order valence-corrected chi connectivity index (χ1v) is 12.7. The standard InChI is InChI=1S/C16H26F9IOSi/c1-12(2,3)28(4,5)27-9-7-6-8-11(26)10-13(17,18)14(19,20)15(21,22)16(23,24)25/h11H,6-10H2,1-5H3. The Morgan fingerprint density at radius 1 is 0.821 bits per heavy atom. The summed E-state index contributed by atoms with van der Waals surface area (Å²) in [5, 5.41) is -0.0316. The van der Waals surface area contributed by atoms with Gasteiger partial charge in [0.25, 0.3) is 0 Å². The van der Waals surface area contributed by atoms with Crippen LogP contribution in [0.5, 0.6) is 0 Å². The summed E-state index contributed by atoms with van der Waals surface area (Å²) in [4.78, 5) is 0. The van der Waals surface area contributed by atoms with E-state index in [1.54, 1.807) is 0 Å². The smallest absolute Gasteiger partial charge is 0.417 e. The molecule has 0 aliphatic rings. The predicted molar refractivity (Wildman–Crippen MR) is 100 cm³/mol. The molecule has 0 saturated heterocycles. The molecule has 0 aliphatic carbocycles. The normalized spacial score (nSPS) is 16.4. The lowest BCUT2D eigenvalue weighted by Gasteiger charge is -2.36. The Kier molecular flexibility index (Phi) is 9.28. The third kappa shape index (κ3) is 6.64. The third-order valence-corrected chi connectivity index (χ3v) is 10.5. The van der Waals surface area contributed by atoms with E-state index < -0.39 is 42.6 Å². The lowest BCUT2D eigenvalue weighted by molar-refractivity contribution is -0.396. The molecule has 170 valence electrons. The van der Waals surface area contributed by atoms with Crippen LogP contribution >= 0.6 is 22.6 Å². The van der Waals surface area contributed by atoms with Gasteiger partial charge in [0.2, 0.25) is 0 Å². The maximum absolute atomic E-state index is 13.6. The summed E-state index contributed by atoms with van der Waals surface area (Å²) in [7, 11) is -2.00. The minimum atomic E-state index is -6.82. The van der Waals surface area contributed by atoms with E-state index in [4.69, 9.17) is 4.43 Å². The molecule has 1 atom stereocenters. The van der Waals surface area contributed by atoms with E-state index >= 15 is 0 Å². The van der Waals surface area contributed by atoms with Crippen LogP contribution in [0, 0.1) is 0 Å². The molecular weight excluding hydrogens is 534 g/mol. The first-order chi connectivity index (χ1) is 12.1. The highest BCUT2D eigenvalue weighted by molar-refractivity contribution is 14.1. The fourth-order valence-corrected chi connectivity index (χ4v) is 4.01. The Morgan fingerprint density at radius 2 is 1.29 bits per heavy atom. The summed E-state index contributed by atoms with van der Waals surface area (Å²) in [6, 6.07) is 0. The van der Waals surface area contributed by atoms with Gasteiger partial charge in [0.15, 0.2) is 8.32 Å². The van der Waals surface area contributed by atoms with Gasteiger partial charge in [0.1, 0.15) is 0 Å². The van der Waals surface area contributed by atoms with E-state index in [-0.39, 0.29) is 11.5 Å². The zero-order valence-electron chi connectivity index (χ0n) is 16.3. The topological polar surface area (TPSA) is 9.23 Å². The molecule has 0 saturated carbocycles. The lowest BCUT2D eigenvalue weighted by atomic mass is 9.98. The molecule has 1 unspecified atom stereocenters. The van der Waals surface area contributed by atoms with Crippen molar-refractivity contribution in [1.29, 1.82) is 0 Å². The fourth-order valence-electron chi connectivity index (χ4n) is 1.93. The third-order valence-electron chi connectivity index (χ3n) is 4.87. The second-order valence-electron chi connectivity index (χ2n) is 8.26. The van der Waals surface area contributed by atoms with Gasteiger partial charge in [-0.2, -0.15) is 39.5 Å². The Morgan fingerprint density at radius 3 is 1.68 bits per heavy atom. The predicted octanol–water partition coefficient (Wildman–Crippen LogP) is 7.84. The fraction of sp³-hybridized carbons (Fsp3) is 1.00. The van der Waals surface area contributed by atoms with Gasteiger partial charge in [-0.15, -0.1) is 0 Å².